The van der Waals surface area contributed by atoms with Crippen molar-refractivity contribution in [3.05, 3.63) is 87.9 Å². The van der Waals surface area contributed by atoms with E-state index in [1.807, 2.05) is 51.6 Å². The number of carbonyl (C=O) groups excluding carboxylic acids is 3. The van der Waals surface area contributed by atoms with E-state index >= 15 is 0 Å². The van der Waals surface area contributed by atoms with Gasteiger partial charge in [-0.1, -0.05) is 0 Å². The first-order valence-electron chi connectivity index (χ1n) is 11.7. The maximum atomic E-state index is 11.2. The Hall–Kier alpha value is -2.86. The summed E-state index contributed by atoms with van der Waals surface area (Å²) in [7, 11) is 7.89. The summed E-state index contributed by atoms with van der Waals surface area (Å²) in [6, 6.07) is 9.21. The number of aromatic nitrogens is 4. The number of halogens is 2. The molecule has 0 aromatic carbocycles. The van der Waals surface area contributed by atoms with Crippen molar-refractivity contribution in [2.45, 2.75) is 6.92 Å². The van der Waals surface area contributed by atoms with E-state index in [0.29, 0.717) is 16.7 Å². The maximum Gasteiger partial charge on any atom is 0.338 e. The number of esters is 3. The summed E-state index contributed by atoms with van der Waals surface area (Å²) in [5, 5.41) is 13.6. The second kappa shape index (κ2) is 17.9. The summed E-state index contributed by atoms with van der Waals surface area (Å²) in [6.07, 6.45) is 3.79. The summed E-state index contributed by atoms with van der Waals surface area (Å²) in [5.41, 5.74) is 2.69. The number of rotatable bonds is 4. The van der Waals surface area contributed by atoms with Crippen molar-refractivity contribution >= 4 is 90.4 Å². The fourth-order valence-corrected chi connectivity index (χ4v) is 5.97. The second-order valence-electron chi connectivity index (χ2n) is 7.95. The lowest BCUT2D eigenvalue weighted by Crippen LogP contribution is -1.98. The minimum atomic E-state index is -0.312. The van der Waals surface area contributed by atoms with Gasteiger partial charge in [0.15, 0.2) is 0 Å². The lowest BCUT2D eigenvalue weighted by atomic mass is 10.3. The van der Waals surface area contributed by atoms with Crippen molar-refractivity contribution in [2.75, 3.05) is 21.3 Å². The number of carbonyl (C=O) groups is 3. The zero-order chi connectivity index (χ0) is 31.2. The molecule has 0 N–H and O–H groups in total. The first kappa shape index (κ1) is 35.3. The summed E-state index contributed by atoms with van der Waals surface area (Å²) >= 11 is 9.90. The molecular weight excluding hydrogens is 779 g/mol. The average Bonchev–Trinajstić information content (AvgIpc) is 3.81. The van der Waals surface area contributed by atoms with Gasteiger partial charge >= 0.3 is 17.9 Å². The van der Waals surface area contributed by atoms with Crippen LogP contribution in [0.25, 0.3) is 10.6 Å². The average molecular weight is 808 g/mol. The van der Waals surface area contributed by atoms with Gasteiger partial charge < -0.3 is 14.2 Å². The number of hydrogen-bond acceptors (Lipinski definition) is 11. The predicted molar refractivity (Wildman–Crippen MR) is 178 cm³/mol. The van der Waals surface area contributed by atoms with Crippen LogP contribution in [0.1, 0.15) is 36.0 Å². The Morgan fingerprint density at radius 1 is 0.762 bits per heavy atom. The molecule has 5 aromatic rings. The van der Waals surface area contributed by atoms with Gasteiger partial charge in [0, 0.05) is 47.5 Å². The molecule has 5 aromatic heterocycles. The quantitative estimate of drug-likeness (QED) is 0.107. The Morgan fingerprint density at radius 2 is 1.26 bits per heavy atom. The van der Waals surface area contributed by atoms with Gasteiger partial charge in [0.25, 0.3) is 0 Å². The molecule has 5 heterocycles. The standard InChI is InChI=1S/C10H10N2O2S.C7H8O2S.C6H5BrO2S.C4H5IN2/c1-12-4-3-8(11-12)9-5-7(6-15-9)10(13)14-2;1-5-3-6(4-10-5)7(8)9-2;1-9-6(8)4-2-5(7)10-3-4;1-7-3-2-4(5)6-7/h3-6H,1-2H3;3-4H,1-2H3;2-3H,1H3;2-3H,1H3. The van der Waals surface area contributed by atoms with Crippen LogP contribution in [0.2, 0.25) is 0 Å². The lowest BCUT2D eigenvalue weighted by Gasteiger charge is -1.92. The van der Waals surface area contributed by atoms with Crippen molar-refractivity contribution in [3.8, 4) is 10.6 Å². The SMILES string of the molecule is COC(=O)c1csc(-c2ccn(C)n2)c1.COC(=O)c1csc(Br)c1.COC(=O)c1csc(C)c1.Cn1ccc(I)n1. The number of nitrogens with zero attached hydrogens (tertiary/aromatic N) is 4. The third-order valence-electron chi connectivity index (χ3n) is 4.81. The molecule has 0 radical (unpaired) electrons. The van der Waals surface area contributed by atoms with E-state index in [4.69, 9.17) is 0 Å². The number of ether oxygens (including phenoxy) is 3. The topological polar surface area (TPSA) is 115 Å². The molecular formula is C27H28BrIN4O6S3. The van der Waals surface area contributed by atoms with Crippen molar-refractivity contribution in [2.24, 2.45) is 14.1 Å². The summed E-state index contributed by atoms with van der Waals surface area (Å²) in [4.78, 5) is 34.9. The van der Waals surface area contributed by atoms with Crippen LogP contribution >= 0.6 is 72.5 Å². The first-order valence-corrected chi connectivity index (χ1v) is 16.3. The van der Waals surface area contributed by atoms with Crippen LogP contribution in [0.3, 0.4) is 0 Å². The van der Waals surface area contributed by atoms with Crippen molar-refractivity contribution in [1.82, 2.24) is 19.6 Å². The molecule has 0 spiro atoms. The molecule has 0 aliphatic carbocycles. The molecule has 0 fully saturated rings. The molecule has 10 nitrogen and oxygen atoms in total. The van der Waals surface area contributed by atoms with E-state index in [1.54, 1.807) is 49.0 Å². The van der Waals surface area contributed by atoms with Crippen molar-refractivity contribution in [1.29, 1.82) is 0 Å². The minimum Gasteiger partial charge on any atom is -0.465 e. The third-order valence-corrected chi connectivity index (χ3v) is 8.70. The molecule has 0 unspecified atom stereocenters. The van der Waals surface area contributed by atoms with Crippen LogP contribution in [-0.4, -0.2) is 58.8 Å². The lowest BCUT2D eigenvalue weighted by molar-refractivity contribution is 0.0592. The van der Waals surface area contributed by atoms with Crippen LogP contribution < -0.4 is 0 Å². The fourth-order valence-electron chi connectivity index (χ4n) is 2.83. The molecule has 0 atom stereocenters. The van der Waals surface area contributed by atoms with E-state index in [0.717, 1.165) is 22.9 Å². The largest absolute Gasteiger partial charge is 0.465 e. The third kappa shape index (κ3) is 11.8. The smallest absolute Gasteiger partial charge is 0.338 e. The number of thiophene rings is 3. The van der Waals surface area contributed by atoms with Crippen LogP contribution in [0.15, 0.2) is 62.7 Å². The molecule has 0 aliphatic heterocycles. The molecule has 15 heteroatoms. The molecule has 224 valence electrons. The number of methoxy groups -OCH3 is 3. The van der Waals surface area contributed by atoms with E-state index in [9.17, 15) is 14.4 Å². The number of hydrogen-bond donors (Lipinski definition) is 0. The Morgan fingerprint density at radius 3 is 1.64 bits per heavy atom. The Balaban J connectivity index is 0.000000203. The van der Waals surface area contributed by atoms with Gasteiger partial charge in [-0.2, -0.15) is 10.2 Å². The zero-order valence-corrected chi connectivity index (χ0v) is 29.7. The molecule has 0 saturated carbocycles. The van der Waals surface area contributed by atoms with Crippen molar-refractivity contribution in [3.63, 3.8) is 0 Å². The van der Waals surface area contributed by atoms with Crippen molar-refractivity contribution < 1.29 is 28.6 Å². The highest BCUT2D eigenvalue weighted by atomic mass is 127. The minimum absolute atomic E-state index is 0.260. The Kier molecular flexibility index (Phi) is 15.1. The second-order valence-corrected chi connectivity index (χ2v) is 13.4. The van der Waals surface area contributed by atoms with E-state index < -0.39 is 0 Å². The highest BCUT2D eigenvalue weighted by Crippen LogP contribution is 2.26. The normalized spacial score (nSPS) is 9.71. The summed E-state index contributed by atoms with van der Waals surface area (Å²) in [6.45, 7) is 1.96. The van der Waals surface area contributed by atoms with E-state index in [-0.39, 0.29) is 17.9 Å². The Bertz CT molecular complexity index is 1520. The summed E-state index contributed by atoms with van der Waals surface area (Å²) in [5.74, 6) is -0.861. The van der Waals surface area contributed by atoms with Gasteiger partial charge in [-0.05, 0) is 75.8 Å². The van der Waals surface area contributed by atoms with Gasteiger partial charge in [-0.25, -0.2) is 14.4 Å². The molecule has 0 saturated heterocycles. The van der Waals surface area contributed by atoms with Gasteiger partial charge in [0.05, 0.1) is 46.7 Å². The van der Waals surface area contributed by atoms with Crippen LogP contribution in [-0.2, 0) is 28.3 Å². The molecule has 5 rings (SSSR count). The van der Waals surface area contributed by atoms with Crippen LogP contribution in [0.5, 0.6) is 0 Å². The molecule has 42 heavy (non-hydrogen) atoms. The monoisotopic (exact) mass is 806 g/mol. The first-order chi connectivity index (χ1) is 20.0. The van der Waals surface area contributed by atoms with E-state index in [1.165, 1.54) is 44.0 Å². The highest BCUT2D eigenvalue weighted by molar-refractivity contribution is 14.1. The Labute approximate surface area is 277 Å². The highest BCUT2D eigenvalue weighted by Gasteiger charge is 2.11. The molecule has 0 amide bonds. The van der Waals surface area contributed by atoms with Gasteiger partial charge in [0.1, 0.15) is 9.39 Å². The van der Waals surface area contributed by atoms with Gasteiger partial charge in [-0.15, -0.1) is 34.0 Å². The zero-order valence-electron chi connectivity index (χ0n) is 23.5. The summed E-state index contributed by atoms with van der Waals surface area (Å²) < 4.78 is 19.1. The maximum absolute atomic E-state index is 11.2. The number of aryl methyl sites for hydroxylation is 3. The predicted octanol–water partition coefficient (Wildman–Crippen LogP) is 7.10. The van der Waals surface area contributed by atoms with E-state index in [2.05, 4.69) is 62.9 Å². The molecule has 0 aliphatic rings. The fraction of sp³-hybridized carbons (Fsp3) is 0.222. The van der Waals surface area contributed by atoms with Gasteiger partial charge in [0.2, 0.25) is 0 Å². The van der Waals surface area contributed by atoms with Crippen LogP contribution in [0.4, 0.5) is 0 Å². The van der Waals surface area contributed by atoms with Gasteiger partial charge in [-0.3, -0.25) is 9.36 Å². The molecule has 0 bridgehead atoms. The van der Waals surface area contributed by atoms with Crippen LogP contribution in [0, 0.1) is 10.6 Å².